The van der Waals surface area contributed by atoms with Crippen LogP contribution in [0.25, 0.3) is 0 Å². The molecule has 27 heavy (non-hydrogen) atoms. The van der Waals surface area contributed by atoms with Crippen LogP contribution in [0.15, 0.2) is 29.2 Å². The van der Waals surface area contributed by atoms with Gasteiger partial charge in [-0.15, -0.1) is 0 Å². The molecular formula is C19H30N2O4S2. The van der Waals surface area contributed by atoms with Crippen LogP contribution in [-0.4, -0.2) is 35.2 Å². The zero-order chi connectivity index (χ0) is 19.9. The average molecular weight is 415 g/mol. The summed E-state index contributed by atoms with van der Waals surface area (Å²) in [5, 5.41) is 0. The standard InChI is InChI=1S/C19H30N2O4S2/c1-15-12-16(14-19(2,3)13-15)20-27(24,25)18-8-6-17(7-9-18)21-10-4-5-11-26(21,22)23/h6-9,15-16,20H,4-5,10-14H2,1-3H3/t15-,16-/m0/s1. The highest BCUT2D eigenvalue weighted by molar-refractivity contribution is 7.92. The first kappa shape index (κ1) is 20.6. The quantitative estimate of drug-likeness (QED) is 0.820. The lowest BCUT2D eigenvalue weighted by Gasteiger charge is -2.39. The van der Waals surface area contributed by atoms with E-state index in [4.69, 9.17) is 0 Å². The molecule has 1 aliphatic heterocycles. The molecule has 1 aromatic rings. The summed E-state index contributed by atoms with van der Waals surface area (Å²) in [4.78, 5) is 0.177. The van der Waals surface area contributed by atoms with Crippen LogP contribution in [0, 0.1) is 11.3 Å². The van der Waals surface area contributed by atoms with Gasteiger partial charge in [0.25, 0.3) is 0 Å². The maximum Gasteiger partial charge on any atom is 0.240 e. The Labute approximate surface area is 163 Å². The number of hydrogen-bond donors (Lipinski definition) is 1. The zero-order valence-electron chi connectivity index (χ0n) is 16.3. The molecule has 3 rings (SSSR count). The second-order valence-electron chi connectivity index (χ2n) is 8.82. The number of nitrogens with one attached hydrogen (secondary N) is 1. The third-order valence-electron chi connectivity index (χ3n) is 5.49. The maximum atomic E-state index is 12.8. The summed E-state index contributed by atoms with van der Waals surface area (Å²) >= 11 is 0. The highest BCUT2D eigenvalue weighted by atomic mass is 32.2. The molecule has 0 aromatic heterocycles. The van der Waals surface area contributed by atoms with Crippen LogP contribution < -0.4 is 9.03 Å². The van der Waals surface area contributed by atoms with Gasteiger partial charge in [0.15, 0.2) is 0 Å². The van der Waals surface area contributed by atoms with Crippen molar-refractivity contribution in [1.29, 1.82) is 0 Å². The Kier molecular flexibility index (Phi) is 5.62. The Balaban J connectivity index is 1.76. The zero-order valence-corrected chi connectivity index (χ0v) is 17.9. The van der Waals surface area contributed by atoms with Crippen LogP contribution in [-0.2, 0) is 20.0 Å². The van der Waals surface area contributed by atoms with E-state index in [1.54, 1.807) is 12.1 Å². The fourth-order valence-electron chi connectivity index (χ4n) is 4.59. The third-order valence-corrected chi connectivity index (χ3v) is 8.90. The number of nitrogens with zero attached hydrogens (tertiary/aromatic N) is 1. The minimum atomic E-state index is -3.63. The van der Waals surface area contributed by atoms with E-state index in [-0.39, 0.29) is 22.1 Å². The van der Waals surface area contributed by atoms with Gasteiger partial charge in [-0.3, -0.25) is 4.31 Å². The Morgan fingerprint density at radius 1 is 1.11 bits per heavy atom. The molecule has 2 aliphatic rings. The summed E-state index contributed by atoms with van der Waals surface area (Å²) < 4.78 is 54.2. The Hall–Kier alpha value is -1.12. The van der Waals surface area contributed by atoms with Gasteiger partial charge in [0.1, 0.15) is 0 Å². The summed E-state index contributed by atoms with van der Waals surface area (Å²) in [6, 6.07) is 6.10. The fraction of sp³-hybridized carbons (Fsp3) is 0.684. The van der Waals surface area contributed by atoms with Crippen LogP contribution in [0.1, 0.15) is 52.9 Å². The molecule has 0 spiro atoms. The number of sulfonamides is 2. The molecule has 0 amide bonds. The largest absolute Gasteiger partial charge is 0.270 e. The van der Waals surface area contributed by atoms with Crippen molar-refractivity contribution in [1.82, 2.24) is 4.72 Å². The first-order chi connectivity index (χ1) is 12.5. The van der Waals surface area contributed by atoms with Crippen molar-refractivity contribution < 1.29 is 16.8 Å². The number of rotatable bonds is 4. The highest BCUT2D eigenvalue weighted by Crippen LogP contribution is 2.39. The van der Waals surface area contributed by atoms with Gasteiger partial charge in [0.05, 0.1) is 16.3 Å². The summed E-state index contributed by atoms with van der Waals surface area (Å²) in [6.07, 6.45) is 4.25. The van der Waals surface area contributed by atoms with Crippen LogP contribution in [0.3, 0.4) is 0 Å². The topological polar surface area (TPSA) is 83.6 Å². The molecule has 1 heterocycles. The van der Waals surface area contributed by atoms with Crippen LogP contribution >= 0.6 is 0 Å². The van der Waals surface area contributed by atoms with Crippen molar-refractivity contribution in [3.8, 4) is 0 Å². The Bertz CT molecular complexity index is 877. The third kappa shape index (κ3) is 4.84. The molecule has 1 saturated carbocycles. The second kappa shape index (κ2) is 7.37. The monoisotopic (exact) mass is 414 g/mol. The number of anilines is 1. The summed E-state index contributed by atoms with van der Waals surface area (Å²) in [6.45, 7) is 6.97. The normalized spacial score (nSPS) is 28.0. The minimum Gasteiger partial charge on any atom is -0.270 e. The van der Waals surface area contributed by atoms with Gasteiger partial charge < -0.3 is 0 Å². The van der Waals surface area contributed by atoms with Crippen molar-refractivity contribution >= 4 is 25.7 Å². The van der Waals surface area contributed by atoms with Crippen molar-refractivity contribution in [2.75, 3.05) is 16.6 Å². The molecule has 0 radical (unpaired) electrons. The van der Waals surface area contributed by atoms with Crippen molar-refractivity contribution in [2.45, 2.75) is 63.8 Å². The second-order valence-corrected chi connectivity index (χ2v) is 12.5. The van der Waals surface area contributed by atoms with Crippen LogP contribution in [0.5, 0.6) is 0 Å². The van der Waals surface area contributed by atoms with Gasteiger partial charge in [0, 0.05) is 12.6 Å². The lowest BCUT2D eigenvalue weighted by Crippen LogP contribution is -2.42. The van der Waals surface area contributed by atoms with E-state index < -0.39 is 20.0 Å². The predicted octanol–water partition coefficient (Wildman–Crippen LogP) is 3.11. The number of hydrogen-bond acceptors (Lipinski definition) is 4. The number of benzene rings is 1. The van der Waals surface area contributed by atoms with E-state index in [0.717, 1.165) is 25.7 Å². The molecular weight excluding hydrogens is 384 g/mol. The summed E-state index contributed by atoms with van der Waals surface area (Å²) in [7, 11) is -6.93. The molecule has 1 aliphatic carbocycles. The minimum absolute atomic E-state index is 0.0732. The lowest BCUT2D eigenvalue weighted by atomic mass is 9.71. The summed E-state index contributed by atoms with van der Waals surface area (Å²) in [5.41, 5.74) is 0.651. The maximum absolute atomic E-state index is 12.8. The van der Waals surface area contributed by atoms with E-state index in [1.807, 2.05) is 0 Å². The van der Waals surface area contributed by atoms with Crippen molar-refractivity contribution in [3.63, 3.8) is 0 Å². The first-order valence-corrected chi connectivity index (χ1v) is 12.7. The van der Waals surface area contributed by atoms with Gasteiger partial charge >= 0.3 is 0 Å². The van der Waals surface area contributed by atoms with E-state index >= 15 is 0 Å². The van der Waals surface area contributed by atoms with E-state index in [1.165, 1.54) is 16.4 Å². The molecule has 8 heteroatoms. The summed E-state index contributed by atoms with van der Waals surface area (Å²) in [5.74, 6) is 0.623. The van der Waals surface area contributed by atoms with E-state index in [0.29, 0.717) is 24.6 Å². The predicted molar refractivity (Wildman–Crippen MR) is 108 cm³/mol. The molecule has 1 aromatic carbocycles. The molecule has 6 nitrogen and oxygen atoms in total. The van der Waals surface area contributed by atoms with Gasteiger partial charge in [-0.2, -0.15) is 0 Å². The van der Waals surface area contributed by atoms with Crippen LogP contribution in [0.4, 0.5) is 5.69 Å². The Morgan fingerprint density at radius 2 is 1.78 bits per heavy atom. The fourth-order valence-corrected chi connectivity index (χ4v) is 7.48. The smallest absolute Gasteiger partial charge is 0.240 e. The van der Waals surface area contributed by atoms with Gasteiger partial charge in [-0.05, 0) is 67.7 Å². The molecule has 2 atom stereocenters. The first-order valence-electron chi connectivity index (χ1n) is 9.61. The molecule has 0 bridgehead atoms. The highest BCUT2D eigenvalue weighted by Gasteiger charge is 2.34. The van der Waals surface area contributed by atoms with Crippen molar-refractivity contribution in [2.24, 2.45) is 11.3 Å². The van der Waals surface area contributed by atoms with Crippen molar-refractivity contribution in [3.05, 3.63) is 24.3 Å². The average Bonchev–Trinajstić information content (AvgIpc) is 2.52. The SMILES string of the molecule is C[C@H]1C[C@H](NS(=O)(=O)c2ccc(N3CCCCS3(=O)=O)cc2)CC(C)(C)C1. The van der Waals surface area contributed by atoms with E-state index in [9.17, 15) is 16.8 Å². The molecule has 0 unspecified atom stereocenters. The van der Waals surface area contributed by atoms with Crippen LogP contribution in [0.2, 0.25) is 0 Å². The Morgan fingerprint density at radius 3 is 2.37 bits per heavy atom. The molecule has 1 N–H and O–H groups in total. The van der Waals surface area contributed by atoms with Gasteiger partial charge in [-0.1, -0.05) is 20.8 Å². The molecule has 152 valence electrons. The lowest BCUT2D eigenvalue weighted by molar-refractivity contribution is 0.163. The molecule has 2 fully saturated rings. The van der Waals surface area contributed by atoms with Gasteiger partial charge in [0.2, 0.25) is 20.0 Å². The van der Waals surface area contributed by atoms with Gasteiger partial charge in [-0.25, -0.2) is 21.6 Å². The molecule has 1 saturated heterocycles. The van der Waals surface area contributed by atoms with E-state index in [2.05, 4.69) is 25.5 Å².